The van der Waals surface area contributed by atoms with Crippen molar-refractivity contribution >= 4 is 9.84 Å². The molecule has 0 unspecified atom stereocenters. The molecule has 13 heavy (non-hydrogen) atoms. The first-order valence-electron chi connectivity index (χ1n) is 3.94. The van der Waals surface area contributed by atoms with Gasteiger partial charge in [-0.1, -0.05) is 0 Å². The van der Waals surface area contributed by atoms with Gasteiger partial charge in [0.05, 0.1) is 10.1 Å². The maximum Gasteiger partial charge on any atom is 0.180 e. The van der Waals surface area contributed by atoms with Crippen LogP contribution in [0, 0.1) is 5.82 Å². The molecule has 0 atom stereocenters. The minimum Gasteiger partial charge on any atom is -0.223 e. The summed E-state index contributed by atoms with van der Waals surface area (Å²) < 4.78 is 35.5. The largest absolute Gasteiger partial charge is 0.223 e. The first-order valence-corrected chi connectivity index (χ1v) is 5.48. The van der Waals surface area contributed by atoms with Crippen molar-refractivity contribution in [3.8, 4) is 0 Å². The third-order valence-corrected chi connectivity index (χ3v) is 3.93. The number of sulfone groups is 1. The highest BCUT2D eigenvalue weighted by molar-refractivity contribution is 7.92. The van der Waals surface area contributed by atoms with Crippen LogP contribution in [0.15, 0.2) is 29.2 Å². The lowest BCUT2D eigenvalue weighted by Crippen LogP contribution is -2.13. The molecular weight excluding hydrogens is 191 g/mol. The topological polar surface area (TPSA) is 34.1 Å². The molecule has 72 valence electrons. The van der Waals surface area contributed by atoms with Crippen molar-refractivity contribution in [3.05, 3.63) is 30.1 Å². The molecule has 4 heteroatoms. The molecule has 0 fully saturated rings. The van der Waals surface area contributed by atoms with E-state index < -0.39 is 20.9 Å². The van der Waals surface area contributed by atoms with Gasteiger partial charge in [-0.15, -0.1) is 0 Å². The summed E-state index contributed by atoms with van der Waals surface area (Å²) in [7, 11) is -3.26. The molecule has 0 saturated heterocycles. The number of benzene rings is 1. The number of hydrogen-bond acceptors (Lipinski definition) is 2. The van der Waals surface area contributed by atoms with Crippen LogP contribution in [0.2, 0.25) is 0 Å². The van der Waals surface area contributed by atoms with Gasteiger partial charge >= 0.3 is 0 Å². The summed E-state index contributed by atoms with van der Waals surface area (Å²) in [5.41, 5.74) is 0. The van der Waals surface area contributed by atoms with Crippen LogP contribution in [0.4, 0.5) is 4.39 Å². The standard InChI is InChI=1S/C9H11FO2S/c1-7(2)13(11,12)9-5-3-8(10)4-6-9/h3-7H,1-2H3. The van der Waals surface area contributed by atoms with Crippen molar-refractivity contribution in [2.75, 3.05) is 0 Å². The summed E-state index contributed by atoms with van der Waals surface area (Å²) in [6, 6.07) is 4.86. The summed E-state index contributed by atoms with van der Waals surface area (Å²) in [6.45, 7) is 3.19. The van der Waals surface area contributed by atoms with E-state index in [0.717, 1.165) is 12.1 Å². The van der Waals surface area contributed by atoms with E-state index in [2.05, 4.69) is 0 Å². The second-order valence-corrected chi connectivity index (χ2v) is 5.55. The van der Waals surface area contributed by atoms with Gasteiger partial charge in [0.2, 0.25) is 0 Å². The number of rotatable bonds is 2. The Morgan fingerprint density at radius 2 is 1.62 bits per heavy atom. The van der Waals surface area contributed by atoms with Gasteiger partial charge < -0.3 is 0 Å². The van der Waals surface area contributed by atoms with Gasteiger partial charge in [-0.25, -0.2) is 12.8 Å². The third kappa shape index (κ3) is 2.06. The molecule has 0 aliphatic heterocycles. The zero-order valence-electron chi connectivity index (χ0n) is 7.49. The normalized spacial score (nSPS) is 12.0. The molecule has 0 N–H and O–H groups in total. The molecule has 2 nitrogen and oxygen atoms in total. The molecule has 0 aromatic heterocycles. The quantitative estimate of drug-likeness (QED) is 0.687. The number of halogens is 1. The van der Waals surface area contributed by atoms with Gasteiger partial charge in [0.1, 0.15) is 5.82 Å². The van der Waals surface area contributed by atoms with E-state index >= 15 is 0 Å². The van der Waals surface area contributed by atoms with Crippen molar-refractivity contribution in [1.29, 1.82) is 0 Å². The van der Waals surface area contributed by atoms with Crippen LogP contribution in [0.5, 0.6) is 0 Å². The van der Waals surface area contributed by atoms with Gasteiger partial charge in [0, 0.05) is 0 Å². The van der Waals surface area contributed by atoms with E-state index in [0.29, 0.717) is 0 Å². The first kappa shape index (κ1) is 10.2. The van der Waals surface area contributed by atoms with Gasteiger partial charge in [0.25, 0.3) is 0 Å². The lowest BCUT2D eigenvalue weighted by molar-refractivity contribution is 0.586. The van der Waals surface area contributed by atoms with E-state index in [1.165, 1.54) is 12.1 Å². The van der Waals surface area contributed by atoms with Crippen molar-refractivity contribution in [3.63, 3.8) is 0 Å². The summed E-state index contributed by atoms with van der Waals surface area (Å²) in [5, 5.41) is -0.474. The molecule has 0 aliphatic carbocycles. The third-order valence-electron chi connectivity index (χ3n) is 1.76. The molecule has 0 radical (unpaired) electrons. The molecule has 0 aliphatic rings. The first-order chi connectivity index (χ1) is 5.94. The molecule has 0 saturated carbocycles. The summed E-state index contributed by atoms with van der Waals surface area (Å²) in [6.07, 6.45) is 0. The molecule has 0 spiro atoms. The highest BCUT2D eigenvalue weighted by atomic mass is 32.2. The predicted octanol–water partition coefficient (Wildman–Crippen LogP) is 2.01. The van der Waals surface area contributed by atoms with Crippen LogP contribution in [0.1, 0.15) is 13.8 Å². The summed E-state index contributed by atoms with van der Waals surface area (Å²) in [5.74, 6) is -0.428. The zero-order valence-corrected chi connectivity index (χ0v) is 8.31. The fourth-order valence-corrected chi connectivity index (χ4v) is 1.96. The van der Waals surface area contributed by atoms with Crippen LogP contribution in [0.25, 0.3) is 0 Å². The minimum atomic E-state index is -3.26. The minimum absolute atomic E-state index is 0.170. The van der Waals surface area contributed by atoms with Crippen LogP contribution in [-0.4, -0.2) is 13.7 Å². The Morgan fingerprint density at radius 3 is 2.00 bits per heavy atom. The van der Waals surface area contributed by atoms with Crippen molar-refractivity contribution in [2.24, 2.45) is 0 Å². The van der Waals surface area contributed by atoms with Crippen molar-refractivity contribution < 1.29 is 12.8 Å². The van der Waals surface area contributed by atoms with E-state index in [1.54, 1.807) is 13.8 Å². The highest BCUT2D eigenvalue weighted by Crippen LogP contribution is 2.15. The van der Waals surface area contributed by atoms with Crippen LogP contribution >= 0.6 is 0 Å². The lowest BCUT2D eigenvalue weighted by Gasteiger charge is -2.06. The molecule has 0 bridgehead atoms. The van der Waals surface area contributed by atoms with E-state index in [9.17, 15) is 12.8 Å². The average molecular weight is 202 g/mol. The second-order valence-electron chi connectivity index (χ2n) is 3.05. The lowest BCUT2D eigenvalue weighted by atomic mass is 10.4. The van der Waals surface area contributed by atoms with Crippen molar-refractivity contribution in [2.45, 2.75) is 24.0 Å². The van der Waals surface area contributed by atoms with Gasteiger partial charge in [-0.05, 0) is 38.1 Å². The van der Waals surface area contributed by atoms with E-state index in [1.807, 2.05) is 0 Å². The second kappa shape index (κ2) is 3.46. The Hall–Kier alpha value is -0.900. The predicted molar refractivity (Wildman–Crippen MR) is 48.7 cm³/mol. The van der Waals surface area contributed by atoms with Crippen LogP contribution in [0.3, 0.4) is 0 Å². The Morgan fingerprint density at radius 1 is 1.15 bits per heavy atom. The van der Waals surface area contributed by atoms with Crippen molar-refractivity contribution in [1.82, 2.24) is 0 Å². The Bertz CT molecular complexity index is 379. The summed E-state index contributed by atoms with van der Waals surface area (Å²) >= 11 is 0. The SMILES string of the molecule is CC(C)S(=O)(=O)c1ccc(F)cc1. The molecule has 0 amide bonds. The Labute approximate surface area is 77.3 Å². The molecule has 0 heterocycles. The van der Waals surface area contributed by atoms with Gasteiger partial charge in [0.15, 0.2) is 9.84 Å². The summed E-state index contributed by atoms with van der Waals surface area (Å²) in [4.78, 5) is 0.170. The zero-order chi connectivity index (χ0) is 10.1. The van der Waals surface area contributed by atoms with E-state index in [-0.39, 0.29) is 4.90 Å². The van der Waals surface area contributed by atoms with Gasteiger partial charge in [-0.3, -0.25) is 0 Å². The maximum atomic E-state index is 12.5. The van der Waals surface area contributed by atoms with Gasteiger partial charge in [-0.2, -0.15) is 0 Å². The highest BCUT2D eigenvalue weighted by Gasteiger charge is 2.18. The van der Waals surface area contributed by atoms with Crippen LogP contribution in [-0.2, 0) is 9.84 Å². The van der Waals surface area contributed by atoms with Crippen LogP contribution < -0.4 is 0 Å². The molecule has 1 rings (SSSR count). The fraction of sp³-hybridized carbons (Fsp3) is 0.333. The Kier molecular flexibility index (Phi) is 2.71. The molecule has 1 aromatic rings. The smallest absolute Gasteiger partial charge is 0.180 e. The Balaban J connectivity index is 3.17. The fourth-order valence-electron chi connectivity index (χ4n) is 0.896. The average Bonchev–Trinajstić information content (AvgIpc) is 2.04. The number of hydrogen-bond donors (Lipinski definition) is 0. The molecular formula is C9H11FO2S. The maximum absolute atomic E-state index is 12.5. The monoisotopic (exact) mass is 202 g/mol. The molecule has 1 aromatic carbocycles. The van der Waals surface area contributed by atoms with E-state index in [4.69, 9.17) is 0 Å².